The maximum atomic E-state index is 12.5. The van der Waals surface area contributed by atoms with Crippen LogP contribution < -0.4 is 0 Å². The topological polar surface area (TPSA) is 74.7 Å². The van der Waals surface area contributed by atoms with Gasteiger partial charge in [0.1, 0.15) is 0 Å². The van der Waals surface area contributed by atoms with Crippen molar-refractivity contribution < 1.29 is 18.3 Å². The van der Waals surface area contributed by atoms with Gasteiger partial charge in [-0.15, -0.1) is 0 Å². The van der Waals surface area contributed by atoms with Gasteiger partial charge in [-0.2, -0.15) is 4.31 Å². The van der Waals surface area contributed by atoms with E-state index in [0.29, 0.717) is 13.0 Å². The van der Waals surface area contributed by atoms with Gasteiger partial charge in [0.25, 0.3) is 0 Å². The Balaban J connectivity index is 2.28. The number of benzene rings is 1. The van der Waals surface area contributed by atoms with Gasteiger partial charge in [-0.05, 0) is 31.4 Å². The lowest BCUT2D eigenvalue weighted by atomic mass is 9.92. The summed E-state index contributed by atoms with van der Waals surface area (Å²) in [5, 5.41) is 9.12. The van der Waals surface area contributed by atoms with E-state index in [-0.39, 0.29) is 17.4 Å². The second kappa shape index (κ2) is 5.54. The number of aryl methyl sites for hydroxylation is 1. The quantitative estimate of drug-likeness (QED) is 0.922. The monoisotopic (exact) mass is 297 g/mol. The Kier molecular flexibility index (Phi) is 4.15. The molecule has 1 aromatic rings. The molecule has 0 amide bonds. The standard InChI is InChI=1S/C14H19NO4S/c1-10-3-5-13(6-4-10)20(18,19)15-8-11(2)7-12(9-15)14(16)17/h3-6,11-12H,7-9H2,1-2H3,(H,16,17). The molecule has 2 atom stereocenters. The summed E-state index contributed by atoms with van der Waals surface area (Å²) in [5.74, 6) is -1.51. The van der Waals surface area contributed by atoms with Crippen molar-refractivity contribution in [2.24, 2.45) is 11.8 Å². The summed E-state index contributed by atoms with van der Waals surface area (Å²) in [7, 11) is -3.61. The van der Waals surface area contributed by atoms with E-state index < -0.39 is 21.9 Å². The maximum Gasteiger partial charge on any atom is 0.307 e. The highest BCUT2D eigenvalue weighted by Crippen LogP contribution is 2.27. The van der Waals surface area contributed by atoms with E-state index in [1.807, 2.05) is 13.8 Å². The van der Waals surface area contributed by atoms with Crippen LogP contribution in [0.4, 0.5) is 0 Å². The zero-order valence-electron chi connectivity index (χ0n) is 11.6. The second-order valence-corrected chi connectivity index (χ2v) is 7.45. The molecule has 0 radical (unpaired) electrons. The van der Waals surface area contributed by atoms with Crippen molar-refractivity contribution in [1.82, 2.24) is 4.31 Å². The Labute approximate surface area is 119 Å². The Bertz CT molecular complexity index is 594. The van der Waals surface area contributed by atoms with Crippen molar-refractivity contribution in [1.29, 1.82) is 0 Å². The maximum absolute atomic E-state index is 12.5. The van der Waals surface area contributed by atoms with Gasteiger partial charge < -0.3 is 5.11 Å². The van der Waals surface area contributed by atoms with Gasteiger partial charge >= 0.3 is 5.97 Å². The number of nitrogens with zero attached hydrogens (tertiary/aromatic N) is 1. The lowest BCUT2D eigenvalue weighted by Crippen LogP contribution is -2.45. The van der Waals surface area contributed by atoms with Crippen molar-refractivity contribution in [3.05, 3.63) is 29.8 Å². The van der Waals surface area contributed by atoms with Gasteiger partial charge in [0.05, 0.1) is 10.8 Å². The number of rotatable bonds is 3. The largest absolute Gasteiger partial charge is 0.481 e. The molecule has 0 aliphatic carbocycles. The number of sulfonamides is 1. The fraction of sp³-hybridized carbons (Fsp3) is 0.500. The zero-order valence-corrected chi connectivity index (χ0v) is 12.4. The van der Waals surface area contributed by atoms with Crippen LogP contribution in [0.1, 0.15) is 18.9 Å². The Morgan fingerprint density at radius 1 is 1.25 bits per heavy atom. The molecule has 6 heteroatoms. The summed E-state index contributed by atoms with van der Waals surface area (Å²) in [6, 6.07) is 6.63. The molecule has 1 aliphatic rings. The molecule has 0 aromatic heterocycles. The summed E-state index contributed by atoms with van der Waals surface area (Å²) < 4.78 is 26.4. The Morgan fingerprint density at radius 2 is 1.85 bits per heavy atom. The Morgan fingerprint density at radius 3 is 2.40 bits per heavy atom. The minimum absolute atomic E-state index is 0.0464. The summed E-state index contributed by atoms with van der Waals surface area (Å²) in [4.78, 5) is 11.4. The van der Waals surface area contributed by atoms with Crippen LogP contribution in [0.3, 0.4) is 0 Å². The van der Waals surface area contributed by atoms with Crippen LogP contribution in [-0.4, -0.2) is 36.9 Å². The van der Waals surface area contributed by atoms with E-state index >= 15 is 0 Å². The number of carboxylic acid groups (broad SMARTS) is 1. The number of piperidine rings is 1. The average Bonchev–Trinajstić information content (AvgIpc) is 2.38. The van der Waals surface area contributed by atoms with Crippen LogP contribution in [0.2, 0.25) is 0 Å². The third-order valence-electron chi connectivity index (χ3n) is 3.63. The summed E-state index contributed by atoms with van der Waals surface area (Å²) >= 11 is 0. The molecule has 1 N–H and O–H groups in total. The third-order valence-corrected chi connectivity index (χ3v) is 5.48. The number of aliphatic carboxylic acids is 1. The number of hydrogen-bond acceptors (Lipinski definition) is 3. The molecule has 110 valence electrons. The van der Waals surface area contributed by atoms with E-state index in [1.165, 1.54) is 4.31 Å². The first-order valence-corrected chi connectivity index (χ1v) is 8.04. The molecular weight excluding hydrogens is 278 g/mol. The molecule has 1 aliphatic heterocycles. The number of hydrogen-bond donors (Lipinski definition) is 1. The van der Waals surface area contributed by atoms with E-state index in [0.717, 1.165) is 5.56 Å². The molecule has 5 nitrogen and oxygen atoms in total. The molecule has 1 heterocycles. The van der Waals surface area contributed by atoms with Gasteiger partial charge in [0, 0.05) is 13.1 Å². The predicted octanol–water partition coefficient (Wildman–Crippen LogP) is 1.73. The summed E-state index contributed by atoms with van der Waals surface area (Å²) in [6.45, 7) is 4.20. The molecule has 2 rings (SSSR count). The first kappa shape index (κ1) is 15.0. The fourth-order valence-corrected chi connectivity index (χ4v) is 4.14. The van der Waals surface area contributed by atoms with Gasteiger partial charge in [-0.1, -0.05) is 24.6 Å². The molecule has 0 saturated carbocycles. The van der Waals surface area contributed by atoms with Crippen molar-refractivity contribution in [3.63, 3.8) is 0 Å². The van der Waals surface area contributed by atoms with Crippen molar-refractivity contribution in [2.45, 2.75) is 25.2 Å². The van der Waals surface area contributed by atoms with E-state index in [4.69, 9.17) is 5.11 Å². The van der Waals surface area contributed by atoms with Gasteiger partial charge in [0.2, 0.25) is 10.0 Å². The van der Waals surface area contributed by atoms with Crippen LogP contribution in [0.5, 0.6) is 0 Å². The van der Waals surface area contributed by atoms with Crippen LogP contribution >= 0.6 is 0 Å². The predicted molar refractivity (Wildman–Crippen MR) is 74.8 cm³/mol. The highest BCUT2D eigenvalue weighted by atomic mass is 32.2. The second-order valence-electron chi connectivity index (χ2n) is 5.51. The summed E-state index contributed by atoms with van der Waals surface area (Å²) in [6.07, 6.45) is 0.523. The van der Waals surface area contributed by atoms with Crippen LogP contribution in [-0.2, 0) is 14.8 Å². The first-order valence-electron chi connectivity index (χ1n) is 6.60. The van der Waals surface area contributed by atoms with Gasteiger partial charge in [-0.3, -0.25) is 4.79 Å². The Hall–Kier alpha value is -1.40. The molecule has 1 fully saturated rings. The molecule has 1 saturated heterocycles. The third kappa shape index (κ3) is 3.02. The molecule has 20 heavy (non-hydrogen) atoms. The lowest BCUT2D eigenvalue weighted by molar-refractivity contribution is -0.143. The molecule has 1 aromatic carbocycles. The molecule has 0 spiro atoms. The highest BCUT2D eigenvalue weighted by Gasteiger charge is 2.36. The minimum atomic E-state index is -3.61. The molecular formula is C14H19NO4S. The smallest absolute Gasteiger partial charge is 0.307 e. The van der Waals surface area contributed by atoms with E-state index in [2.05, 4.69) is 0 Å². The molecule has 2 unspecified atom stereocenters. The SMILES string of the molecule is Cc1ccc(S(=O)(=O)N2CC(C)CC(C(=O)O)C2)cc1. The zero-order chi connectivity index (χ0) is 14.9. The van der Waals surface area contributed by atoms with E-state index in [9.17, 15) is 13.2 Å². The fourth-order valence-electron chi connectivity index (χ4n) is 2.54. The first-order chi connectivity index (χ1) is 9.30. The lowest BCUT2D eigenvalue weighted by Gasteiger charge is -2.33. The highest BCUT2D eigenvalue weighted by molar-refractivity contribution is 7.89. The van der Waals surface area contributed by atoms with Crippen molar-refractivity contribution in [3.8, 4) is 0 Å². The van der Waals surface area contributed by atoms with Crippen molar-refractivity contribution in [2.75, 3.05) is 13.1 Å². The number of carbonyl (C=O) groups is 1. The normalized spacial score (nSPS) is 24.5. The molecule has 0 bridgehead atoms. The summed E-state index contributed by atoms with van der Waals surface area (Å²) in [5.41, 5.74) is 0.986. The van der Waals surface area contributed by atoms with Gasteiger partial charge in [0.15, 0.2) is 0 Å². The minimum Gasteiger partial charge on any atom is -0.481 e. The number of carboxylic acids is 1. The average molecular weight is 297 g/mol. The van der Waals surface area contributed by atoms with Gasteiger partial charge in [-0.25, -0.2) is 8.42 Å². The van der Waals surface area contributed by atoms with Crippen LogP contribution in [0, 0.1) is 18.8 Å². The van der Waals surface area contributed by atoms with Crippen LogP contribution in [0.15, 0.2) is 29.2 Å². The van der Waals surface area contributed by atoms with E-state index in [1.54, 1.807) is 24.3 Å². The van der Waals surface area contributed by atoms with Crippen molar-refractivity contribution >= 4 is 16.0 Å². The van der Waals surface area contributed by atoms with Crippen LogP contribution in [0.25, 0.3) is 0 Å².